The minimum atomic E-state index is -0.956. The summed E-state index contributed by atoms with van der Waals surface area (Å²) in [5.74, 6) is 0.00341. The Kier molecular flexibility index (Phi) is 7.01. The van der Waals surface area contributed by atoms with E-state index in [-0.39, 0.29) is 16.9 Å². The van der Waals surface area contributed by atoms with Crippen molar-refractivity contribution in [3.05, 3.63) is 70.8 Å². The molecule has 1 heterocycles. The normalized spacial score (nSPS) is 23.7. The number of hydrogen-bond donors (Lipinski definition) is 2. The number of aryl methyl sites for hydroxylation is 1. The van der Waals surface area contributed by atoms with Gasteiger partial charge in [-0.2, -0.15) is 0 Å². The fourth-order valence-corrected chi connectivity index (χ4v) is 5.29. The van der Waals surface area contributed by atoms with Gasteiger partial charge in [0.1, 0.15) is 12.4 Å². The predicted molar refractivity (Wildman–Crippen MR) is 131 cm³/mol. The quantitative estimate of drug-likeness (QED) is 0.548. The SMILES string of the molecule is C=C[C@@H](O)[C@]1(C)CC[C@H]1CN1CCCCc2cc(Cl)ccc2COc2ccc(C(=O)O)cc21. The third kappa shape index (κ3) is 4.90. The van der Waals surface area contributed by atoms with Gasteiger partial charge in [-0.15, -0.1) is 6.58 Å². The average molecular weight is 470 g/mol. The molecular weight excluding hydrogens is 438 g/mol. The second kappa shape index (κ2) is 9.78. The molecule has 0 unspecified atom stereocenters. The van der Waals surface area contributed by atoms with E-state index >= 15 is 0 Å². The van der Waals surface area contributed by atoms with Crippen molar-refractivity contribution in [3.8, 4) is 5.75 Å². The second-order valence-electron chi connectivity index (χ2n) is 9.51. The van der Waals surface area contributed by atoms with E-state index in [1.807, 2.05) is 18.2 Å². The van der Waals surface area contributed by atoms with Crippen LogP contribution in [0.25, 0.3) is 0 Å². The third-order valence-electron chi connectivity index (χ3n) is 7.53. The molecule has 1 fully saturated rings. The zero-order valence-electron chi connectivity index (χ0n) is 19.1. The van der Waals surface area contributed by atoms with Crippen LogP contribution in [-0.2, 0) is 13.0 Å². The van der Waals surface area contributed by atoms with Gasteiger partial charge in [0.2, 0.25) is 0 Å². The van der Waals surface area contributed by atoms with Crippen molar-refractivity contribution < 1.29 is 19.7 Å². The predicted octanol–water partition coefficient (Wildman–Crippen LogP) is 5.72. The summed E-state index contributed by atoms with van der Waals surface area (Å²) in [6, 6.07) is 11.0. The van der Waals surface area contributed by atoms with Crippen molar-refractivity contribution in [1.29, 1.82) is 0 Å². The van der Waals surface area contributed by atoms with Crippen LogP contribution in [0.3, 0.4) is 0 Å². The molecule has 2 N–H and O–H groups in total. The maximum Gasteiger partial charge on any atom is 0.335 e. The van der Waals surface area contributed by atoms with Crippen LogP contribution in [-0.4, -0.2) is 35.4 Å². The van der Waals surface area contributed by atoms with Crippen molar-refractivity contribution in [3.63, 3.8) is 0 Å². The van der Waals surface area contributed by atoms with Gasteiger partial charge in [0, 0.05) is 23.5 Å². The molecule has 0 spiro atoms. The Balaban J connectivity index is 1.67. The fourth-order valence-electron chi connectivity index (χ4n) is 5.10. The summed E-state index contributed by atoms with van der Waals surface area (Å²) in [7, 11) is 0. The van der Waals surface area contributed by atoms with Gasteiger partial charge in [0.25, 0.3) is 0 Å². The minimum absolute atomic E-state index is 0.216. The van der Waals surface area contributed by atoms with Crippen LogP contribution >= 0.6 is 11.6 Å². The first-order valence-electron chi connectivity index (χ1n) is 11.6. The minimum Gasteiger partial charge on any atom is -0.487 e. The Labute approximate surface area is 200 Å². The lowest BCUT2D eigenvalue weighted by Gasteiger charge is -2.51. The summed E-state index contributed by atoms with van der Waals surface area (Å²) in [5, 5.41) is 20.9. The number of hydrogen-bond acceptors (Lipinski definition) is 4. The Hall–Kier alpha value is -2.50. The van der Waals surface area contributed by atoms with E-state index < -0.39 is 12.1 Å². The van der Waals surface area contributed by atoms with Crippen LogP contribution in [0.2, 0.25) is 5.02 Å². The number of fused-ring (bicyclic) bond motifs is 2. The number of anilines is 1. The highest BCUT2D eigenvalue weighted by Gasteiger charge is 2.47. The molecule has 0 radical (unpaired) electrons. The first-order valence-corrected chi connectivity index (χ1v) is 12.0. The largest absolute Gasteiger partial charge is 0.487 e. The van der Waals surface area contributed by atoms with Crippen molar-refractivity contribution >= 4 is 23.3 Å². The fraction of sp³-hybridized carbons (Fsp3) is 0.444. The van der Waals surface area contributed by atoms with E-state index in [9.17, 15) is 15.0 Å². The lowest BCUT2D eigenvalue weighted by atomic mass is 9.58. The van der Waals surface area contributed by atoms with Crippen molar-refractivity contribution in [2.24, 2.45) is 11.3 Å². The van der Waals surface area contributed by atoms with E-state index in [2.05, 4.69) is 18.4 Å². The molecule has 4 rings (SSSR count). The number of halogens is 1. The van der Waals surface area contributed by atoms with Crippen LogP contribution < -0.4 is 9.64 Å². The van der Waals surface area contributed by atoms with E-state index in [0.29, 0.717) is 12.4 Å². The summed E-state index contributed by atoms with van der Waals surface area (Å²) in [6.07, 6.45) is 5.91. The highest BCUT2D eigenvalue weighted by atomic mass is 35.5. The van der Waals surface area contributed by atoms with Gasteiger partial charge in [-0.3, -0.25) is 0 Å². The molecule has 3 atom stereocenters. The summed E-state index contributed by atoms with van der Waals surface area (Å²) in [6.45, 7) is 7.82. The van der Waals surface area contributed by atoms with Gasteiger partial charge in [0.05, 0.1) is 17.4 Å². The number of aromatic carboxylic acids is 1. The number of rotatable bonds is 5. The zero-order chi connectivity index (χ0) is 23.6. The first-order chi connectivity index (χ1) is 15.8. The average Bonchev–Trinajstić information content (AvgIpc) is 2.83. The molecule has 1 aliphatic heterocycles. The van der Waals surface area contributed by atoms with E-state index in [4.69, 9.17) is 16.3 Å². The van der Waals surface area contributed by atoms with Crippen LogP contribution in [0.4, 0.5) is 5.69 Å². The van der Waals surface area contributed by atoms with Gasteiger partial charge >= 0.3 is 5.97 Å². The van der Waals surface area contributed by atoms with Gasteiger partial charge in [-0.25, -0.2) is 4.79 Å². The molecule has 1 aliphatic carbocycles. The summed E-state index contributed by atoms with van der Waals surface area (Å²) < 4.78 is 6.26. The topological polar surface area (TPSA) is 70.0 Å². The summed E-state index contributed by atoms with van der Waals surface area (Å²) >= 11 is 6.24. The standard InChI is InChI=1S/C27H32ClNO4/c1-3-25(30)27(2)12-11-21(27)16-29-13-5-4-6-18-14-22(28)9-7-20(18)17-33-24-10-8-19(26(31)32)15-23(24)29/h3,7-10,14-15,21,25,30H,1,4-6,11-13,16-17H2,2H3,(H,31,32)/t21-,25+,27+/m0/s1. The third-order valence-corrected chi connectivity index (χ3v) is 7.76. The Morgan fingerprint density at radius 3 is 2.82 bits per heavy atom. The molecule has 2 aromatic carbocycles. The van der Waals surface area contributed by atoms with Crippen LogP contribution in [0, 0.1) is 11.3 Å². The summed E-state index contributed by atoms with van der Waals surface area (Å²) in [5.41, 5.74) is 3.12. The molecule has 6 heteroatoms. The number of benzene rings is 2. The Bertz CT molecular complexity index is 1040. The van der Waals surface area contributed by atoms with E-state index in [1.165, 1.54) is 5.56 Å². The zero-order valence-corrected chi connectivity index (χ0v) is 19.9. The molecule has 176 valence electrons. The van der Waals surface area contributed by atoms with Crippen LogP contribution in [0.15, 0.2) is 49.1 Å². The molecule has 0 bridgehead atoms. The van der Waals surface area contributed by atoms with Gasteiger partial charge in [-0.05, 0) is 79.5 Å². The number of carbonyl (C=O) groups is 1. The second-order valence-corrected chi connectivity index (χ2v) is 9.95. The van der Waals surface area contributed by atoms with Gasteiger partial charge in [-0.1, -0.05) is 30.7 Å². The molecule has 2 aromatic rings. The number of carboxylic acid groups (broad SMARTS) is 1. The first kappa shape index (κ1) is 23.7. The van der Waals surface area contributed by atoms with Crippen molar-refractivity contribution in [1.82, 2.24) is 0 Å². The molecule has 1 saturated carbocycles. The number of aliphatic hydroxyl groups excluding tert-OH is 1. The molecule has 0 aromatic heterocycles. The smallest absolute Gasteiger partial charge is 0.335 e. The lowest BCUT2D eigenvalue weighted by molar-refractivity contribution is -0.0464. The molecule has 33 heavy (non-hydrogen) atoms. The monoisotopic (exact) mass is 469 g/mol. The number of nitrogens with zero attached hydrogens (tertiary/aromatic N) is 1. The molecular formula is C27H32ClNO4. The van der Waals surface area contributed by atoms with Crippen molar-refractivity contribution in [2.45, 2.75) is 51.7 Å². The van der Waals surface area contributed by atoms with Gasteiger partial charge in [0.15, 0.2) is 0 Å². The maximum atomic E-state index is 11.7. The lowest BCUT2D eigenvalue weighted by Crippen LogP contribution is -2.51. The molecule has 5 nitrogen and oxygen atoms in total. The Morgan fingerprint density at radius 2 is 2.12 bits per heavy atom. The maximum absolute atomic E-state index is 11.7. The number of ether oxygens (including phenoxy) is 1. The van der Waals surface area contributed by atoms with Gasteiger partial charge < -0.3 is 19.8 Å². The highest BCUT2D eigenvalue weighted by molar-refractivity contribution is 6.30. The van der Waals surface area contributed by atoms with E-state index in [0.717, 1.165) is 61.5 Å². The van der Waals surface area contributed by atoms with E-state index in [1.54, 1.807) is 24.3 Å². The molecule has 2 aliphatic rings. The van der Waals surface area contributed by atoms with Crippen molar-refractivity contribution in [2.75, 3.05) is 18.0 Å². The highest BCUT2D eigenvalue weighted by Crippen LogP contribution is 2.50. The number of aliphatic hydroxyl groups is 1. The summed E-state index contributed by atoms with van der Waals surface area (Å²) in [4.78, 5) is 14.0. The molecule has 0 saturated heterocycles. The molecule has 0 amide bonds. The Morgan fingerprint density at radius 1 is 1.30 bits per heavy atom. The number of carboxylic acids is 1. The van der Waals surface area contributed by atoms with Crippen LogP contribution in [0.1, 0.15) is 54.1 Å². The van der Waals surface area contributed by atoms with Crippen LogP contribution in [0.5, 0.6) is 5.75 Å².